The van der Waals surface area contributed by atoms with E-state index < -0.39 is 0 Å². The predicted octanol–water partition coefficient (Wildman–Crippen LogP) is 5.03. The molecule has 0 aliphatic heterocycles. The van der Waals surface area contributed by atoms with E-state index in [9.17, 15) is 0 Å². The van der Waals surface area contributed by atoms with E-state index in [1.165, 1.54) is 0 Å². The molecule has 0 aliphatic carbocycles. The third-order valence-corrected chi connectivity index (χ3v) is 3.96. The molecule has 132 valence electrons. The molecule has 0 spiro atoms. The number of ether oxygens (including phenoxy) is 2. The molecule has 4 heteroatoms. The lowest BCUT2D eigenvalue weighted by atomic mass is 10.1. The van der Waals surface area contributed by atoms with Crippen molar-refractivity contribution in [2.75, 3.05) is 12.5 Å². The van der Waals surface area contributed by atoms with Crippen LogP contribution in [0.4, 0.5) is 5.69 Å². The molecule has 0 heterocycles. The minimum Gasteiger partial charge on any atom is -0.493 e. The number of nitrogens with one attached hydrogen (secondary N) is 1. The largest absolute Gasteiger partial charge is 0.493 e. The van der Waals surface area contributed by atoms with Crippen molar-refractivity contribution in [2.45, 2.75) is 13.5 Å². The Labute approximate surface area is 154 Å². The fourth-order valence-corrected chi connectivity index (χ4v) is 2.51. The molecule has 0 aliphatic rings. The van der Waals surface area contributed by atoms with Crippen molar-refractivity contribution in [3.05, 3.63) is 89.5 Å². The van der Waals surface area contributed by atoms with Gasteiger partial charge in [-0.3, -0.25) is 5.43 Å². The van der Waals surface area contributed by atoms with E-state index in [0.717, 1.165) is 22.4 Å². The molecule has 3 aromatic rings. The first-order chi connectivity index (χ1) is 12.8. The molecule has 0 bridgehead atoms. The summed E-state index contributed by atoms with van der Waals surface area (Å²) in [7, 11) is 1.65. The minimum absolute atomic E-state index is 0.485. The molecule has 3 rings (SSSR count). The highest BCUT2D eigenvalue weighted by atomic mass is 16.5. The molecular weight excluding hydrogens is 324 g/mol. The number of rotatable bonds is 7. The molecule has 3 aromatic carbocycles. The van der Waals surface area contributed by atoms with E-state index in [1.807, 2.05) is 79.7 Å². The maximum absolute atomic E-state index is 5.97. The van der Waals surface area contributed by atoms with Crippen molar-refractivity contribution in [1.82, 2.24) is 0 Å². The average molecular weight is 346 g/mol. The summed E-state index contributed by atoms with van der Waals surface area (Å²) in [5, 5.41) is 4.32. The number of hydrogen-bond donors (Lipinski definition) is 1. The van der Waals surface area contributed by atoms with Crippen LogP contribution in [0.3, 0.4) is 0 Å². The average Bonchev–Trinajstić information content (AvgIpc) is 2.69. The Morgan fingerprint density at radius 1 is 0.923 bits per heavy atom. The van der Waals surface area contributed by atoms with Crippen molar-refractivity contribution < 1.29 is 9.47 Å². The van der Waals surface area contributed by atoms with E-state index in [1.54, 1.807) is 13.3 Å². The highest BCUT2D eigenvalue weighted by Gasteiger charge is 2.09. The Balaban J connectivity index is 1.75. The van der Waals surface area contributed by atoms with Gasteiger partial charge in [0.15, 0.2) is 11.5 Å². The summed E-state index contributed by atoms with van der Waals surface area (Å²) in [6, 6.07) is 23.8. The maximum atomic E-state index is 5.97. The highest BCUT2D eigenvalue weighted by molar-refractivity contribution is 5.83. The fraction of sp³-hybridized carbons (Fsp3) is 0.136. The number of anilines is 1. The van der Waals surface area contributed by atoms with Gasteiger partial charge in [0.1, 0.15) is 6.61 Å². The number of benzene rings is 3. The van der Waals surface area contributed by atoms with Gasteiger partial charge in [-0.15, -0.1) is 0 Å². The van der Waals surface area contributed by atoms with Crippen LogP contribution in [0.2, 0.25) is 0 Å². The van der Waals surface area contributed by atoms with Crippen LogP contribution in [-0.4, -0.2) is 13.3 Å². The fourth-order valence-electron chi connectivity index (χ4n) is 2.51. The third-order valence-electron chi connectivity index (χ3n) is 3.96. The zero-order valence-electron chi connectivity index (χ0n) is 15.0. The molecule has 0 aromatic heterocycles. The van der Waals surface area contributed by atoms with Gasteiger partial charge < -0.3 is 9.47 Å². The van der Waals surface area contributed by atoms with E-state index in [-0.39, 0.29) is 0 Å². The van der Waals surface area contributed by atoms with Crippen molar-refractivity contribution in [3.63, 3.8) is 0 Å². The number of para-hydroxylation sites is 1. The summed E-state index contributed by atoms with van der Waals surface area (Å²) in [6.45, 7) is 2.51. The van der Waals surface area contributed by atoms with Gasteiger partial charge in [0.2, 0.25) is 0 Å². The molecule has 26 heavy (non-hydrogen) atoms. The van der Waals surface area contributed by atoms with E-state index in [2.05, 4.69) is 10.5 Å². The monoisotopic (exact) mass is 346 g/mol. The molecule has 0 radical (unpaired) electrons. The molecule has 1 N–H and O–H groups in total. The molecule has 0 atom stereocenters. The normalized spacial score (nSPS) is 10.7. The Hall–Kier alpha value is -3.27. The van der Waals surface area contributed by atoms with Crippen LogP contribution in [0, 0.1) is 6.92 Å². The van der Waals surface area contributed by atoms with E-state index >= 15 is 0 Å². The second-order valence-electron chi connectivity index (χ2n) is 5.87. The van der Waals surface area contributed by atoms with E-state index in [0.29, 0.717) is 18.1 Å². The maximum Gasteiger partial charge on any atom is 0.162 e. The van der Waals surface area contributed by atoms with Gasteiger partial charge in [-0.2, -0.15) is 5.10 Å². The van der Waals surface area contributed by atoms with Crippen LogP contribution in [-0.2, 0) is 6.61 Å². The second-order valence-corrected chi connectivity index (χ2v) is 5.87. The number of hydrogen-bond acceptors (Lipinski definition) is 4. The van der Waals surface area contributed by atoms with Gasteiger partial charge in [-0.05, 0) is 42.3 Å². The predicted molar refractivity (Wildman–Crippen MR) is 106 cm³/mol. The lowest BCUT2D eigenvalue weighted by molar-refractivity contribution is 0.284. The molecule has 0 saturated heterocycles. The number of methoxy groups -OCH3 is 1. The number of aryl methyl sites for hydroxylation is 1. The summed E-state index contributed by atoms with van der Waals surface area (Å²) >= 11 is 0. The summed E-state index contributed by atoms with van der Waals surface area (Å²) in [6.07, 6.45) is 1.79. The van der Waals surface area contributed by atoms with Gasteiger partial charge in [-0.25, -0.2) is 0 Å². The Morgan fingerprint density at radius 3 is 2.31 bits per heavy atom. The van der Waals surface area contributed by atoms with Crippen LogP contribution in [0.1, 0.15) is 16.7 Å². The summed E-state index contributed by atoms with van der Waals surface area (Å²) in [5.74, 6) is 1.41. The quantitative estimate of drug-likeness (QED) is 0.482. The zero-order valence-corrected chi connectivity index (χ0v) is 15.0. The summed E-state index contributed by atoms with van der Waals surface area (Å²) in [4.78, 5) is 0. The Kier molecular flexibility index (Phi) is 5.88. The first kappa shape index (κ1) is 17.5. The van der Waals surface area contributed by atoms with Gasteiger partial charge in [0, 0.05) is 5.56 Å². The lowest BCUT2D eigenvalue weighted by Crippen LogP contribution is -2.00. The van der Waals surface area contributed by atoms with Crippen LogP contribution in [0.25, 0.3) is 0 Å². The SMILES string of the molecule is COc1cc(C)c(C=NNc2ccccc2)cc1OCc1ccccc1. The molecule has 4 nitrogen and oxygen atoms in total. The van der Waals surface area contributed by atoms with Crippen LogP contribution in [0.15, 0.2) is 77.9 Å². The first-order valence-electron chi connectivity index (χ1n) is 8.46. The van der Waals surface area contributed by atoms with Crippen LogP contribution >= 0.6 is 0 Å². The van der Waals surface area contributed by atoms with Crippen molar-refractivity contribution in [3.8, 4) is 11.5 Å². The van der Waals surface area contributed by atoms with Gasteiger partial charge in [0.25, 0.3) is 0 Å². The lowest BCUT2D eigenvalue weighted by Gasteiger charge is -2.13. The van der Waals surface area contributed by atoms with Crippen LogP contribution < -0.4 is 14.9 Å². The first-order valence-corrected chi connectivity index (χ1v) is 8.46. The van der Waals surface area contributed by atoms with Gasteiger partial charge in [-0.1, -0.05) is 48.5 Å². The van der Waals surface area contributed by atoms with Crippen LogP contribution in [0.5, 0.6) is 11.5 Å². The zero-order chi connectivity index (χ0) is 18.2. The second kappa shape index (κ2) is 8.72. The molecule has 0 unspecified atom stereocenters. The summed E-state index contributed by atoms with van der Waals surface area (Å²) in [5.41, 5.74) is 7.10. The van der Waals surface area contributed by atoms with Crippen molar-refractivity contribution in [1.29, 1.82) is 0 Å². The molecule has 0 fully saturated rings. The number of hydrazone groups is 1. The highest BCUT2D eigenvalue weighted by Crippen LogP contribution is 2.30. The van der Waals surface area contributed by atoms with Crippen molar-refractivity contribution >= 4 is 11.9 Å². The van der Waals surface area contributed by atoms with E-state index in [4.69, 9.17) is 9.47 Å². The standard InChI is InChI=1S/C22H22N2O2/c1-17-13-21(25-2)22(26-16-18-9-5-3-6-10-18)14-19(17)15-23-24-20-11-7-4-8-12-20/h3-15,24H,16H2,1-2H3. The number of nitrogens with zero attached hydrogens (tertiary/aromatic N) is 1. The van der Waals surface area contributed by atoms with Gasteiger partial charge >= 0.3 is 0 Å². The summed E-state index contributed by atoms with van der Waals surface area (Å²) < 4.78 is 11.4. The molecule has 0 amide bonds. The molecule has 0 saturated carbocycles. The topological polar surface area (TPSA) is 42.8 Å². The Bertz CT molecular complexity index is 862. The third kappa shape index (κ3) is 4.63. The smallest absolute Gasteiger partial charge is 0.162 e. The Morgan fingerprint density at radius 2 is 1.62 bits per heavy atom. The van der Waals surface area contributed by atoms with Gasteiger partial charge in [0.05, 0.1) is 19.0 Å². The van der Waals surface area contributed by atoms with Crippen molar-refractivity contribution in [2.24, 2.45) is 5.10 Å². The molecular formula is C22H22N2O2. The minimum atomic E-state index is 0.485.